The van der Waals surface area contributed by atoms with Crippen LogP contribution in [0.5, 0.6) is 0 Å². The molecule has 0 heterocycles. The highest BCUT2D eigenvalue weighted by atomic mass is 19.2. The summed E-state index contributed by atoms with van der Waals surface area (Å²) in [5.41, 5.74) is -0.885. The molecule has 0 aliphatic carbocycles. The van der Waals surface area contributed by atoms with Crippen molar-refractivity contribution in [3.05, 3.63) is 29.3 Å². The molecule has 0 aromatic heterocycles. The van der Waals surface area contributed by atoms with E-state index in [1.54, 1.807) is 6.92 Å². The molecule has 0 spiro atoms. The molecule has 0 aliphatic rings. The number of benzene rings is 1. The Morgan fingerprint density at radius 1 is 1.32 bits per heavy atom. The van der Waals surface area contributed by atoms with Crippen molar-refractivity contribution in [3.8, 4) is 11.8 Å². The Hall–Kier alpha value is -2.62. The molecule has 0 saturated heterocycles. The summed E-state index contributed by atoms with van der Waals surface area (Å²) in [4.78, 5) is 22.2. The van der Waals surface area contributed by atoms with Gasteiger partial charge in [0.15, 0.2) is 11.6 Å². The third-order valence-electron chi connectivity index (χ3n) is 2.05. The van der Waals surface area contributed by atoms with E-state index in [2.05, 4.69) is 22.5 Å². The van der Waals surface area contributed by atoms with E-state index in [1.165, 1.54) is 0 Å². The van der Waals surface area contributed by atoms with Crippen LogP contribution in [-0.2, 0) is 0 Å². The lowest BCUT2D eigenvalue weighted by Gasteiger charge is -2.09. The monoisotopic (exact) mass is 268 g/mol. The molecular formula is C12H10F2N2O3. The highest BCUT2D eigenvalue weighted by Gasteiger charge is 2.16. The Morgan fingerprint density at radius 2 is 1.95 bits per heavy atom. The number of rotatable bonds is 3. The van der Waals surface area contributed by atoms with Crippen molar-refractivity contribution in [1.82, 2.24) is 5.32 Å². The zero-order valence-electron chi connectivity index (χ0n) is 9.88. The second-order valence-corrected chi connectivity index (χ2v) is 3.35. The molecule has 100 valence electrons. The lowest BCUT2D eigenvalue weighted by molar-refractivity contribution is 0.0697. The zero-order valence-corrected chi connectivity index (χ0v) is 9.88. The molecule has 2 amide bonds. The summed E-state index contributed by atoms with van der Waals surface area (Å²) in [5, 5.41) is 13.2. The summed E-state index contributed by atoms with van der Waals surface area (Å²) >= 11 is 0. The fourth-order valence-corrected chi connectivity index (χ4v) is 1.21. The van der Waals surface area contributed by atoms with Crippen LogP contribution in [0.2, 0.25) is 0 Å². The number of amides is 2. The smallest absolute Gasteiger partial charge is 0.337 e. The number of carbonyl (C=O) groups is 2. The van der Waals surface area contributed by atoms with Crippen LogP contribution < -0.4 is 10.6 Å². The van der Waals surface area contributed by atoms with Gasteiger partial charge in [-0.2, -0.15) is 0 Å². The standard InChI is InChI=1S/C12H10F2N2O3/c1-2-3-4-15-12(19)16-10-6-9(14)8(13)5-7(10)11(17)18/h5-6H,4H2,1H3,(H,17,18)(H2,15,16,19). The Labute approximate surface area is 107 Å². The van der Waals surface area contributed by atoms with Crippen LogP contribution in [-0.4, -0.2) is 23.7 Å². The van der Waals surface area contributed by atoms with Gasteiger partial charge in [-0.1, -0.05) is 5.92 Å². The van der Waals surface area contributed by atoms with Gasteiger partial charge in [0.1, 0.15) is 0 Å². The summed E-state index contributed by atoms with van der Waals surface area (Å²) in [5.74, 6) is 1.04. The number of hydrogen-bond donors (Lipinski definition) is 3. The molecule has 0 atom stereocenters. The molecule has 5 nitrogen and oxygen atoms in total. The predicted molar refractivity (Wildman–Crippen MR) is 63.8 cm³/mol. The van der Waals surface area contributed by atoms with Crippen LogP contribution in [0, 0.1) is 23.5 Å². The molecule has 1 aromatic carbocycles. The third kappa shape index (κ3) is 3.96. The average Bonchev–Trinajstić information content (AvgIpc) is 2.33. The molecule has 0 bridgehead atoms. The topological polar surface area (TPSA) is 78.4 Å². The van der Waals surface area contributed by atoms with Gasteiger partial charge in [0.2, 0.25) is 0 Å². The van der Waals surface area contributed by atoms with Gasteiger partial charge >= 0.3 is 12.0 Å². The first kappa shape index (κ1) is 14.4. The van der Waals surface area contributed by atoms with Crippen molar-refractivity contribution >= 4 is 17.7 Å². The minimum Gasteiger partial charge on any atom is -0.478 e. The SMILES string of the molecule is CC#CCNC(=O)Nc1cc(F)c(F)cc1C(=O)O. The lowest BCUT2D eigenvalue weighted by atomic mass is 10.1. The second kappa shape index (κ2) is 6.35. The van der Waals surface area contributed by atoms with Crippen LogP contribution >= 0.6 is 0 Å². The number of carboxylic acids is 1. The van der Waals surface area contributed by atoms with Crippen molar-refractivity contribution in [2.45, 2.75) is 6.92 Å². The molecule has 7 heteroatoms. The molecule has 0 radical (unpaired) electrons. The van der Waals surface area contributed by atoms with E-state index in [4.69, 9.17) is 5.11 Å². The van der Waals surface area contributed by atoms with E-state index in [1.807, 2.05) is 0 Å². The van der Waals surface area contributed by atoms with Gasteiger partial charge in [0, 0.05) is 6.07 Å². The van der Waals surface area contributed by atoms with Gasteiger partial charge in [0.05, 0.1) is 17.8 Å². The number of carbonyl (C=O) groups excluding carboxylic acids is 1. The van der Waals surface area contributed by atoms with E-state index >= 15 is 0 Å². The first-order valence-corrected chi connectivity index (χ1v) is 5.12. The number of nitrogens with one attached hydrogen (secondary N) is 2. The Bertz CT molecular complexity index is 576. The van der Waals surface area contributed by atoms with Crippen molar-refractivity contribution < 1.29 is 23.5 Å². The molecule has 0 aliphatic heterocycles. The molecule has 0 unspecified atom stereocenters. The van der Waals surface area contributed by atoms with Crippen LogP contribution in [0.1, 0.15) is 17.3 Å². The molecule has 3 N–H and O–H groups in total. The normalized spacial score (nSPS) is 9.21. The van der Waals surface area contributed by atoms with E-state index in [-0.39, 0.29) is 12.2 Å². The second-order valence-electron chi connectivity index (χ2n) is 3.35. The Balaban J connectivity index is 2.92. The van der Waals surface area contributed by atoms with Crippen molar-refractivity contribution in [3.63, 3.8) is 0 Å². The third-order valence-corrected chi connectivity index (χ3v) is 2.05. The van der Waals surface area contributed by atoms with Crippen molar-refractivity contribution in [2.75, 3.05) is 11.9 Å². The van der Waals surface area contributed by atoms with E-state index < -0.39 is 29.2 Å². The fraction of sp³-hybridized carbons (Fsp3) is 0.167. The zero-order chi connectivity index (χ0) is 14.4. The van der Waals surface area contributed by atoms with E-state index in [9.17, 15) is 18.4 Å². The molecule has 19 heavy (non-hydrogen) atoms. The van der Waals surface area contributed by atoms with Crippen LogP contribution in [0.4, 0.5) is 19.3 Å². The molecule has 1 aromatic rings. The molecule has 0 fully saturated rings. The number of anilines is 1. The summed E-state index contributed by atoms with van der Waals surface area (Å²) in [6, 6.07) is 0.333. The molecular weight excluding hydrogens is 258 g/mol. The maximum absolute atomic E-state index is 13.0. The Kier molecular flexibility index (Phi) is 4.83. The summed E-state index contributed by atoms with van der Waals surface area (Å²) in [6.45, 7) is 1.63. The number of aromatic carboxylic acids is 1. The predicted octanol–water partition coefficient (Wildman–Crippen LogP) is 1.81. The van der Waals surface area contributed by atoms with Gasteiger partial charge in [-0.15, -0.1) is 5.92 Å². The van der Waals surface area contributed by atoms with Gasteiger partial charge in [-0.25, -0.2) is 18.4 Å². The van der Waals surface area contributed by atoms with Crippen LogP contribution in [0.3, 0.4) is 0 Å². The average molecular weight is 268 g/mol. The number of hydrogen-bond acceptors (Lipinski definition) is 2. The minimum atomic E-state index is -1.48. The van der Waals surface area contributed by atoms with Crippen molar-refractivity contribution in [1.29, 1.82) is 0 Å². The number of urea groups is 1. The maximum atomic E-state index is 13.0. The highest BCUT2D eigenvalue weighted by Crippen LogP contribution is 2.20. The number of carboxylic acid groups (broad SMARTS) is 1. The molecule has 1 rings (SSSR count). The van der Waals surface area contributed by atoms with E-state index in [0.29, 0.717) is 12.1 Å². The van der Waals surface area contributed by atoms with Gasteiger partial charge in [-0.05, 0) is 13.0 Å². The molecule has 0 saturated carbocycles. The lowest BCUT2D eigenvalue weighted by Crippen LogP contribution is -2.29. The van der Waals surface area contributed by atoms with Crippen LogP contribution in [0.25, 0.3) is 0 Å². The van der Waals surface area contributed by atoms with E-state index in [0.717, 1.165) is 0 Å². The maximum Gasteiger partial charge on any atom is 0.337 e. The first-order chi connectivity index (χ1) is 8.95. The van der Waals surface area contributed by atoms with Gasteiger partial charge in [0.25, 0.3) is 0 Å². The quantitative estimate of drug-likeness (QED) is 0.731. The number of halogens is 2. The highest BCUT2D eigenvalue weighted by molar-refractivity contribution is 6.00. The summed E-state index contributed by atoms with van der Waals surface area (Å²) in [6.07, 6.45) is 0. The first-order valence-electron chi connectivity index (χ1n) is 5.12. The van der Waals surface area contributed by atoms with Gasteiger partial charge < -0.3 is 15.7 Å². The van der Waals surface area contributed by atoms with Crippen LogP contribution in [0.15, 0.2) is 12.1 Å². The Morgan fingerprint density at radius 3 is 2.53 bits per heavy atom. The summed E-state index contributed by atoms with van der Waals surface area (Å²) < 4.78 is 25.9. The largest absolute Gasteiger partial charge is 0.478 e. The van der Waals surface area contributed by atoms with Crippen molar-refractivity contribution in [2.24, 2.45) is 0 Å². The fourth-order valence-electron chi connectivity index (χ4n) is 1.21. The summed E-state index contributed by atoms with van der Waals surface area (Å²) in [7, 11) is 0. The van der Waals surface area contributed by atoms with Gasteiger partial charge in [-0.3, -0.25) is 0 Å². The minimum absolute atomic E-state index is 0.0500.